The summed E-state index contributed by atoms with van der Waals surface area (Å²) in [7, 11) is -8.67. The third-order valence-electron chi connectivity index (χ3n) is 0. The molecule has 0 bridgehead atoms. The number of hydrogen-bond acceptors (Lipinski definition) is 12. The van der Waals surface area contributed by atoms with E-state index in [1.54, 1.807) is 0 Å². The molecule has 0 saturated carbocycles. The topological polar surface area (TPSA) is 243 Å². The summed E-state index contributed by atoms with van der Waals surface area (Å²) < 4.78 is 0. The van der Waals surface area contributed by atoms with Crippen molar-refractivity contribution < 1.29 is 131 Å². The van der Waals surface area contributed by atoms with Gasteiger partial charge in [-0.25, -0.2) is 0 Å². The van der Waals surface area contributed by atoms with Gasteiger partial charge in [0, 0.05) is 0 Å². The molecule has 0 aliphatic carbocycles. The van der Waals surface area contributed by atoms with Gasteiger partial charge in [0.15, 0.2) is 0 Å². The second-order valence-corrected chi connectivity index (χ2v) is 1.39. The molecule has 0 radical (unpaired) electrons. The molecular formula is H13B4CsO12. The first-order valence-corrected chi connectivity index (χ1v) is 3.10. The van der Waals surface area contributed by atoms with Gasteiger partial charge in [0.25, 0.3) is 0 Å². The Bertz CT molecular complexity index is 67.1. The number of rotatable bonds is 0. The standard InChI is InChI=1S/4BH3O3.Cs.H/c4*2-1(3)4;;/h4*2-4H;;/q;;;;+1;-1. The van der Waals surface area contributed by atoms with Crippen LogP contribution in [0.4, 0.5) is 0 Å². The molecule has 0 heterocycles. The van der Waals surface area contributed by atoms with Crippen molar-refractivity contribution in [3.8, 4) is 0 Å². The van der Waals surface area contributed by atoms with Gasteiger partial charge in [-0.15, -0.1) is 0 Å². The third kappa shape index (κ3) is 1330. The van der Waals surface area contributed by atoms with Gasteiger partial charge in [-0.1, -0.05) is 0 Å². The Kier molecular flexibility index (Phi) is 48.6. The zero-order valence-electron chi connectivity index (χ0n) is 9.68. The average molecular weight is 381 g/mol. The van der Waals surface area contributed by atoms with Crippen molar-refractivity contribution in [3.63, 3.8) is 0 Å². The molecule has 17 heavy (non-hydrogen) atoms. The fourth-order valence-electron chi connectivity index (χ4n) is 0. The van der Waals surface area contributed by atoms with Crippen molar-refractivity contribution in [2.75, 3.05) is 0 Å². The maximum atomic E-state index is 7.17. The molecule has 0 spiro atoms. The molecular weight excluding hydrogens is 368 g/mol. The predicted octanol–water partition coefficient (Wildman–Crippen LogP) is -11.1. The summed E-state index contributed by atoms with van der Waals surface area (Å²) in [5, 5.41) is 86.0. The molecule has 0 amide bonds. The van der Waals surface area contributed by atoms with E-state index in [9.17, 15) is 0 Å². The van der Waals surface area contributed by atoms with E-state index in [-0.39, 0.29) is 70.3 Å². The van der Waals surface area contributed by atoms with Gasteiger partial charge in [-0.05, 0) is 0 Å². The second kappa shape index (κ2) is 26.4. The molecule has 0 atom stereocenters. The molecule has 0 aromatic rings. The Labute approximate surface area is 157 Å². The van der Waals surface area contributed by atoms with Gasteiger partial charge in [0.2, 0.25) is 0 Å². The van der Waals surface area contributed by atoms with Crippen LogP contribution in [0.5, 0.6) is 0 Å². The van der Waals surface area contributed by atoms with Crippen LogP contribution >= 0.6 is 0 Å². The second-order valence-electron chi connectivity index (χ2n) is 1.39. The summed E-state index contributed by atoms with van der Waals surface area (Å²) in [5.74, 6) is 0. The summed E-state index contributed by atoms with van der Waals surface area (Å²) in [6, 6.07) is 0. The molecule has 0 saturated heterocycles. The van der Waals surface area contributed by atoms with Gasteiger partial charge < -0.3 is 61.7 Å². The third-order valence-corrected chi connectivity index (χ3v) is 0. The van der Waals surface area contributed by atoms with Crippen molar-refractivity contribution in [1.82, 2.24) is 0 Å². The van der Waals surface area contributed by atoms with Crippen molar-refractivity contribution in [2.24, 2.45) is 0 Å². The Morgan fingerprint density at radius 2 is 0.353 bits per heavy atom. The van der Waals surface area contributed by atoms with Crippen LogP contribution in [0, 0.1) is 0 Å². The maximum absolute atomic E-state index is 7.17. The minimum atomic E-state index is -2.17. The Hall–Kier alpha value is 1.83. The zero-order valence-corrected chi connectivity index (χ0v) is 15.0. The molecule has 0 rings (SSSR count). The summed E-state index contributed by atoms with van der Waals surface area (Å²) >= 11 is 0. The van der Waals surface area contributed by atoms with E-state index < -0.39 is 29.3 Å². The van der Waals surface area contributed by atoms with E-state index in [2.05, 4.69) is 0 Å². The molecule has 0 aliphatic rings. The molecule has 0 aromatic carbocycles. The van der Waals surface area contributed by atoms with Gasteiger partial charge in [-0.3, -0.25) is 0 Å². The van der Waals surface area contributed by atoms with Crippen LogP contribution in [0.15, 0.2) is 0 Å². The van der Waals surface area contributed by atoms with Gasteiger partial charge in [0.05, 0.1) is 0 Å². The summed E-state index contributed by atoms with van der Waals surface area (Å²) in [4.78, 5) is 0. The molecule has 17 heteroatoms. The Balaban J connectivity index is -0.0000000257. The first-order chi connectivity index (χ1) is 6.93. The van der Waals surface area contributed by atoms with Crippen LogP contribution in [-0.4, -0.2) is 89.6 Å². The van der Waals surface area contributed by atoms with Crippen LogP contribution in [0.1, 0.15) is 1.43 Å². The fraction of sp³-hybridized carbons (Fsp3) is 0. The normalized spacial score (nSPS) is 6.35. The average Bonchev–Trinajstić information content (AvgIpc) is 1.76. The van der Waals surface area contributed by atoms with Gasteiger partial charge >= 0.3 is 98.2 Å². The van der Waals surface area contributed by atoms with Crippen molar-refractivity contribution in [3.05, 3.63) is 0 Å². The first-order valence-electron chi connectivity index (χ1n) is 3.10. The van der Waals surface area contributed by atoms with Crippen LogP contribution in [0.3, 0.4) is 0 Å². The predicted molar refractivity (Wildman–Crippen MR) is 50.8 cm³/mol. The summed E-state index contributed by atoms with van der Waals surface area (Å²) in [6.07, 6.45) is 0. The van der Waals surface area contributed by atoms with E-state index in [0.29, 0.717) is 0 Å². The van der Waals surface area contributed by atoms with Crippen LogP contribution in [0.2, 0.25) is 0 Å². The van der Waals surface area contributed by atoms with E-state index in [1.807, 2.05) is 0 Å². The Morgan fingerprint density at radius 3 is 0.353 bits per heavy atom. The molecule has 0 aromatic heterocycles. The van der Waals surface area contributed by atoms with E-state index >= 15 is 0 Å². The fourth-order valence-corrected chi connectivity index (χ4v) is 0. The minimum Gasteiger partial charge on any atom is -1.00 e. The largest absolute Gasteiger partial charge is 1.00 e. The van der Waals surface area contributed by atoms with E-state index in [4.69, 9.17) is 60.3 Å². The molecule has 12 N–H and O–H groups in total. The number of hydrogen-bond donors (Lipinski definition) is 12. The summed E-state index contributed by atoms with van der Waals surface area (Å²) in [6.45, 7) is 0. The SMILES string of the molecule is OB(O)O.OB(O)O.OB(O)O.OB(O)O.[Cs+].[H-]. The minimum absolute atomic E-state index is 0. The zero-order chi connectivity index (χ0) is 14.3. The van der Waals surface area contributed by atoms with Crippen LogP contribution in [0.25, 0.3) is 0 Å². The molecule has 0 aliphatic heterocycles. The first kappa shape index (κ1) is 31.3. The maximum Gasteiger partial charge on any atom is 1.00 e. The van der Waals surface area contributed by atoms with Crippen molar-refractivity contribution in [1.29, 1.82) is 0 Å². The molecule has 12 nitrogen and oxygen atoms in total. The molecule has 0 unspecified atom stereocenters. The Morgan fingerprint density at radius 1 is 0.353 bits per heavy atom. The monoisotopic (exact) mass is 382 g/mol. The summed E-state index contributed by atoms with van der Waals surface area (Å²) in [5.41, 5.74) is 0. The van der Waals surface area contributed by atoms with E-state index in [0.717, 1.165) is 0 Å². The van der Waals surface area contributed by atoms with Gasteiger partial charge in [0.1, 0.15) is 0 Å². The van der Waals surface area contributed by atoms with Crippen molar-refractivity contribution in [2.45, 2.75) is 0 Å². The molecule has 0 fully saturated rings. The quantitative estimate of drug-likeness (QED) is 0.175. The van der Waals surface area contributed by atoms with Crippen LogP contribution < -0.4 is 68.9 Å². The van der Waals surface area contributed by atoms with Crippen LogP contribution in [-0.2, 0) is 0 Å². The van der Waals surface area contributed by atoms with Crippen molar-refractivity contribution >= 4 is 29.3 Å². The van der Waals surface area contributed by atoms with E-state index in [1.165, 1.54) is 0 Å². The molecule has 98 valence electrons. The van der Waals surface area contributed by atoms with Gasteiger partial charge in [-0.2, -0.15) is 0 Å². The smallest absolute Gasteiger partial charge is 1.00 e.